The van der Waals surface area contributed by atoms with Crippen LogP contribution in [0.4, 0.5) is 15.5 Å². The first-order valence-electron chi connectivity index (χ1n) is 7.49. The molecule has 2 rings (SSSR count). The van der Waals surface area contributed by atoms with Crippen LogP contribution in [0.3, 0.4) is 0 Å². The summed E-state index contributed by atoms with van der Waals surface area (Å²) in [6.07, 6.45) is 0. The van der Waals surface area contributed by atoms with Crippen molar-refractivity contribution in [2.24, 2.45) is 0 Å². The SMILES string of the molecule is CN(C)c1ccc([C@@H](CNC(=O)Nc2cccs2)N(C)C)cc1. The summed E-state index contributed by atoms with van der Waals surface area (Å²) >= 11 is 1.51. The Balaban J connectivity index is 1.97. The lowest BCUT2D eigenvalue weighted by atomic mass is 10.1. The molecular weight excluding hydrogens is 308 g/mol. The molecule has 1 heterocycles. The zero-order valence-corrected chi connectivity index (χ0v) is 14.9. The van der Waals surface area contributed by atoms with Gasteiger partial charge in [0.2, 0.25) is 0 Å². The third-order valence-electron chi connectivity index (χ3n) is 3.63. The van der Waals surface area contributed by atoms with Gasteiger partial charge in [-0.1, -0.05) is 12.1 Å². The standard InChI is InChI=1S/C17H24N4OS/c1-20(2)14-9-7-13(8-10-14)15(21(3)4)12-18-17(22)19-16-6-5-11-23-16/h5-11,15H,12H2,1-4H3,(H2,18,19,22)/t15-/m1/s1. The molecule has 0 aliphatic carbocycles. The van der Waals surface area contributed by atoms with E-state index in [9.17, 15) is 4.79 Å². The molecule has 0 spiro atoms. The maximum Gasteiger partial charge on any atom is 0.319 e. The normalized spacial score (nSPS) is 12.0. The first kappa shape index (κ1) is 17.3. The van der Waals surface area contributed by atoms with Crippen LogP contribution in [0.1, 0.15) is 11.6 Å². The van der Waals surface area contributed by atoms with Crippen molar-refractivity contribution < 1.29 is 4.79 Å². The van der Waals surface area contributed by atoms with Crippen molar-refractivity contribution in [1.29, 1.82) is 0 Å². The molecule has 23 heavy (non-hydrogen) atoms. The van der Waals surface area contributed by atoms with Crippen LogP contribution in [0.25, 0.3) is 0 Å². The molecule has 2 amide bonds. The predicted octanol–water partition coefficient (Wildman–Crippen LogP) is 3.24. The van der Waals surface area contributed by atoms with Crippen LogP contribution in [-0.2, 0) is 0 Å². The molecule has 0 aliphatic rings. The lowest BCUT2D eigenvalue weighted by molar-refractivity contribution is 0.243. The van der Waals surface area contributed by atoms with Gasteiger partial charge in [0.15, 0.2) is 0 Å². The van der Waals surface area contributed by atoms with E-state index in [-0.39, 0.29) is 12.1 Å². The number of anilines is 2. The van der Waals surface area contributed by atoms with Gasteiger partial charge in [0.1, 0.15) is 0 Å². The monoisotopic (exact) mass is 332 g/mol. The molecule has 5 nitrogen and oxygen atoms in total. The van der Waals surface area contributed by atoms with Crippen LogP contribution in [0.15, 0.2) is 41.8 Å². The third-order valence-corrected chi connectivity index (χ3v) is 4.42. The molecular formula is C17H24N4OS. The highest BCUT2D eigenvalue weighted by molar-refractivity contribution is 7.14. The fourth-order valence-electron chi connectivity index (χ4n) is 2.29. The van der Waals surface area contributed by atoms with E-state index in [1.807, 2.05) is 45.7 Å². The first-order valence-corrected chi connectivity index (χ1v) is 8.37. The van der Waals surface area contributed by atoms with Crippen molar-refractivity contribution in [2.45, 2.75) is 6.04 Å². The van der Waals surface area contributed by atoms with Gasteiger partial charge in [-0.15, -0.1) is 11.3 Å². The Hall–Kier alpha value is -2.05. The number of likely N-dealkylation sites (N-methyl/N-ethyl adjacent to an activating group) is 1. The first-order chi connectivity index (χ1) is 11.0. The van der Waals surface area contributed by atoms with E-state index < -0.39 is 0 Å². The molecule has 6 heteroatoms. The van der Waals surface area contributed by atoms with Crippen LogP contribution < -0.4 is 15.5 Å². The second kappa shape index (κ2) is 7.99. The Kier molecular flexibility index (Phi) is 6.01. The van der Waals surface area contributed by atoms with Crippen LogP contribution in [-0.4, -0.2) is 45.7 Å². The van der Waals surface area contributed by atoms with Gasteiger partial charge in [0, 0.05) is 26.3 Å². The molecule has 0 radical (unpaired) electrons. The summed E-state index contributed by atoms with van der Waals surface area (Å²) < 4.78 is 0. The van der Waals surface area contributed by atoms with Gasteiger partial charge in [-0.3, -0.25) is 5.32 Å². The van der Waals surface area contributed by atoms with E-state index in [1.165, 1.54) is 16.9 Å². The van der Waals surface area contributed by atoms with Crippen molar-refractivity contribution in [3.05, 3.63) is 47.3 Å². The number of carbonyl (C=O) groups is 1. The highest BCUT2D eigenvalue weighted by atomic mass is 32.1. The number of carbonyl (C=O) groups excluding carboxylic acids is 1. The molecule has 0 saturated heterocycles. The van der Waals surface area contributed by atoms with E-state index >= 15 is 0 Å². The summed E-state index contributed by atoms with van der Waals surface area (Å²) in [4.78, 5) is 16.1. The molecule has 2 aromatic rings. The molecule has 0 unspecified atom stereocenters. The van der Waals surface area contributed by atoms with Gasteiger partial charge in [-0.25, -0.2) is 4.79 Å². The van der Waals surface area contributed by atoms with Crippen molar-refractivity contribution in [2.75, 3.05) is 45.0 Å². The van der Waals surface area contributed by atoms with Crippen molar-refractivity contribution >= 4 is 28.1 Å². The second-order valence-corrected chi connectivity index (χ2v) is 6.73. The number of benzene rings is 1. The summed E-state index contributed by atoms with van der Waals surface area (Å²) in [5.41, 5.74) is 2.34. The second-order valence-electron chi connectivity index (χ2n) is 5.78. The Morgan fingerprint density at radius 1 is 1.13 bits per heavy atom. The predicted molar refractivity (Wildman–Crippen MR) is 98.5 cm³/mol. The summed E-state index contributed by atoms with van der Waals surface area (Å²) in [6.45, 7) is 0.547. The Morgan fingerprint density at radius 3 is 2.35 bits per heavy atom. The molecule has 0 saturated carbocycles. The summed E-state index contributed by atoms with van der Waals surface area (Å²) in [6, 6.07) is 12.2. The summed E-state index contributed by atoms with van der Waals surface area (Å²) in [7, 11) is 8.08. The number of urea groups is 1. The minimum absolute atomic E-state index is 0.125. The molecule has 2 N–H and O–H groups in total. The number of amides is 2. The number of rotatable bonds is 6. The molecule has 1 atom stereocenters. The fraction of sp³-hybridized carbons (Fsp3) is 0.353. The lowest BCUT2D eigenvalue weighted by Gasteiger charge is -2.25. The smallest absolute Gasteiger partial charge is 0.319 e. The third kappa shape index (κ3) is 4.97. The summed E-state index contributed by atoms with van der Waals surface area (Å²) in [5.74, 6) is 0. The minimum Gasteiger partial charge on any atom is -0.378 e. The maximum atomic E-state index is 12.0. The highest BCUT2D eigenvalue weighted by Crippen LogP contribution is 2.21. The number of thiophene rings is 1. The van der Waals surface area contributed by atoms with Gasteiger partial charge in [-0.05, 0) is 49.3 Å². The average molecular weight is 332 g/mol. The zero-order chi connectivity index (χ0) is 16.8. The molecule has 124 valence electrons. The number of hydrogen-bond donors (Lipinski definition) is 2. The molecule has 0 fully saturated rings. The van der Waals surface area contributed by atoms with Gasteiger partial charge in [-0.2, -0.15) is 0 Å². The van der Waals surface area contributed by atoms with Crippen LogP contribution >= 0.6 is 11.3 Å². The van der Waals surface area contributed by atoms with E-state index in [0.29, 0.717) is 6.54 Å². The Morgan fingerprint density at radius 2 is 1.83 bits per heavy atom. The molecule has 1 aromatic carbocycles. The minimum atomic E-state index is -0.177. The van der Waals surface area contributed by atoms with E-state index in [2.05, 4.69) is 44.7 Å². The molecule has 1 aromatic heterocycles. The Bertz CT molecular complexity index is 608. The Labute approximate surface area is 141 Å². The number of hydrogen-bond acceptors (Lipinski definition) is 4. The van der Waals surface area contributed by atoms with Gasteiger partial charge in [0.05, 0.1) is 11.0 Å². The zero-order valence-electron chi connectivity index (χ0n) is 14.0. The van der Waals surface area contributed by atoms with E-state index in [0.717, 1.165) is 10.7 Å². The lowest BCUT2D eigenvalue weighted by Crippen LogP contribution is -2.36. The van der Waals surface area contributed by atoms with Crippen molar-refractivity contribution in [1.82, 2.24) is 10.2 Å². The quantitative estimate of drug-likeness (QED) is 0.854. The maximum absolute atomic E-state index is 12.0. The van der Waals surface area contributed by atoms with Gasteiger partial charge in [0.25, 0.3) is 0 Å². The summed E-state index contributed by atoms with van der Waals surface area (Å²) in [5, 5.41) is 8.56. The molecule has 0 aliphatic heterocycles. The molecule has 0 bridgehead atoms. The van der Waals surface area contributed by atoms with E-state index in [4.69, 9.17) is 0 Å². The van der Waals surface area contributed by atoms with Crippen LogP contribution in [0, 0.1) is 0 Å². The van der Waals surface area contributed by atoms with Crippen LogP contribution in [0.5, 0.6) is 0 Å². The number of nitrogens with zero attached hydrogens (tertiary/aromatic N) is 2. The van der Waals surface area contributed by atoms with Crippen molar-refractivity contribution in [3.63, 3.8) is 0 Å². The fourth-order valence-corrected chi connectivity index (χ4v) is 2.90. The number of nitrogens with one attached hydrogen (secondary N) is 2. The van der Waals surface area contributed by atoms with E-state index in [1.54, 1.807) is 0 Å². The van der Waals surface area contributed by atoms with Crippen molar-refractivity contribution in [3.8, 4) is 0 Å². The largest absolute Gasteiger partial charge is 0.378 e. The van der Waals surface area contributed by atoms with Crippen LogP contribution in [0.2, 0.25) is 0 Å². The average Bonchev–Trinajstić information content (AvgIpc) is 3.00. The highest BCUT2D eigenvalue weighted by Gasteiger charge is 2.15. The van der Waals surface area contributed by atoms with Gasteiger partial charge >= 0.3 is 6.03 Å². The topological polar surface area (TPSA) is 47.6 Å². The van der Waals surface area contributed by atoms with Gasteiger partial charge < -0.3 is 15.1 Å².